The number of thiophene rings is 2. The molecule has 0 unspecified atom stereocenters. The van der Waals surface area contributed by atoms with Gasteiger partial charge in [-0.3, -0.25) is 0 Å². The van der Waals surface area contributed by atoms with Gasteiger partial charge in [0.2, 0.25) is 0 Å². The maximum atomic E-state index is 4.08. The van der Waals surface area contributed by atoms with Crippen LogP contribution in [0.15, 0.2) is 133 Å². The molecule has 2 nitrogen and oxygen atoms in total. The lowest BCUT2D eigenvalue weighted by molar-refractivity contribution is 0.332. The summed E-state index contributed by atoms with van der Waals surface area (Å²) in [6.45, 7) is 21.7. The highest BCUT2D eigenvalue weighted by molar-refractivity contribution is 7.27. The molecule has 2 aliphatic carbocycles. The molecule has 1 N–H and O–H groups in total. The van der Waals surface area contributed by atoms with Crippen LogP contribution in [-0.4, -0.2) is 11.8 Å². The number of nitrogens with one attached hydrogen (secondary N) is 1. The Bertz CT molecular complexity index is 4030. The maximum Gasteiger partial charge on any atom is 0.198 e. The van der Waals surface area contributed by atoms with E-state index in [9.17, 15) is 0 Å². The molecule has 0 saturated heterocycles. The Hall–Kier alpha value is -6.14. The second-order valence-electron chi connectivity index (χ2n) is 23.2. The largest absolute Gasteiger partial charge is 0.355 e. The molecule has 3 aromatic heterocycles. The van der Waals surface area contributed by atoms with Crippen molar-refractivity contribution in [2.45, 2.75) is 96.8 Å². The van der Waals surface area contributed by atoms with E-state index in [0.717, 1.165) is 18.7 Å². The molecular weight excluding hydrogens is 860 g/mol. The fraction of sp³-hybridized carbons (Fsp3) is 0.238. The minimum Gasteiger partial charge on any atom is -0.355 e. The van der Waals surface area contributed by atoms with Crippen LogP contribution in [0.25, 0.3) is 90.1 Å². The van der Waals surface area contributed by atoms with Gasteiger partial charge in [0, 0.05) is 84.7 Å². The number of hydrogen-bond acceptors (Lipinski definition) is 3. The van der Waals surface area contributed by atoms with Crippen LogP contribution in [0.5, 0.6) is 0 Å². The Labute approximate surface area is 407 Å². The van der Waals surface area contributed by atoms with Gasteiger partial charge in [0.25, 0.3) is 0 Å². The summed E-state index contributed by atoms with van der Waals surface area (Å²) < 4.78 is 8.10. The second-order valence-corrected chi connectivity index (χ2v) is 25.4. The van der Waals surface area contributed by atoms with E-state index in [1.165, 1.54) is 142 Å². The third-order valence-corrected chi connectivity index (χ3v) is 19.1. The van der Waals surface area contributed by atoms with Crippen molar-refractivity contribution in [1.82, 2.24) is 4.57 Å². The molecule has 0 fully saturated rings. The molecule has 68 heavy (non-hydrogen) atoms. The SMILES string of the molecule is CC(C)(C)c1ccc(Nc2cc3sc4ccccc4c3cc2-c2c3c4c(c5cc6c(cc5n4-c4cc5c(cc4B3)C(C)(C)c3ccccc3-5)C(C)(C)CCC6(C)C)c3c2sc2ccccc23)cc1. The van der Waals surface area contributed by atoms with E-state index in [4.69, 9.17) is 0 Å². The van der Waals surface area contributed by atoms with Gasteiger partial charge in [0.15, 0.2) is 7.28 Å². The second kappa shape index (κ2) is 13.6. The Morgan fingerprint density at radius 2 is 1.24 bits per heavy atom. The van der Waals surface area contributed by atoms with Crippen LogP contribution in [0.3, 0.4) is 0 Å². The predicted molar refractivity (Wildman–Crippen MR) is 300 cm³/mol. The summed E-state index contributed by atoms with van der Waals surface area (Å²) in [6, 6.07) is 52.0. The summed E-state index contributed by atoms with van der Waals surface area (Å²) in [4.78, 5) is 0. The molecule has 0 radical (unpaired) electrons. The van der Waals surface area contributed by atoms with Gasteiger partial charge in [-0.2, -0.15) is 0 Å². The summed E-state index contributed by atoms with van der Waals surface area (Å²) in [6.07, 6.45) is 2.36. The third kappa shape index (κ3) is 5.52. The number of benzene rings is 8. The number of nitrogens with zero attached hydrogens (tertiary/aromatic N) is 1. The number of aromatic nitrogens is 1. The number of anilines is 2. The van der Waals surface area contributed by atoms with E-state index < -0.39 is 0 Å². The summed E-state index contributed by atoms with van der Waals surface area (Å²) in [7, 11) is 0.847. The Kier molecular flexibility index (Phi) is 8.15. The van der Waals surface area contributed by atoms with Gasteiger partial charge in [-0.25, -0.2) is 0 Å². The number of hydrogen-bond donors (Lipinski definition) is 1. The van der Waals surface area contributed by atoms with Crippen molar-refractivity contribution in [3.05, 3.63) is 161 Å². The molecule has 0 bridgehead atoms. The zero-order chi connectivity index (χ0) is 46.4. The van der Waals surface area contributed by atoms with Crippen molar-refractivity contribution in [3.63, 3.8) is 0 Å². The fourth-order valence-electron chi connectivity index (χ4n) is 12.9. The van der Waals surface area contributed by atoms with Crippen molar-refractivity contribution < 1.29 is 0 Å². The van der Waals surface area contributed by atoms with E-state index >= 15 is 0 Å². The highest BCUT2D eigenvalue weighted by Crippen LogP contribution is 2.55. The molecule has 8 aromatic carbocycles. The van der Waals surface area contributed by atoms with Gasteiger partial charge in [-0.05, 0) is 134 Å². The van der Waals surface area contributed by atoms with Crippen molar-refractivity contribution in [3.8, 4) is 27.9 Å². The highest BCUT2D eigenvalue weighted by atomic mass is 32.1. The third-order valence-electron chi connectivity index (χ3n) is 16.8. The molecule has 332 valence electrons. The summed E-state index contributed by atoms with van der Waals surface area (Å²) in [5.74, 6) is 0. The van der Waals surface area contributed by atoms with Crippen LogP contribution in [0.4, 0.5) is 11.4 Å². The van der Waals surface area contributed by atoms with Crippen LogP contribution in [0.1, 0.15) is 103 Å². The molecular formula is C63H55BN2S2. The first-order valence-electron chi connectivity index (χ1n) is 24.7. The molecule has 0 atom stereocenters. The Morgan fingerprint density at radius 1 is 0.559 bits per heavy atom. The average Bonchev–Trinajstić information content (AvgIpc) is 4.04. The minimum atomic E-state index is -0.104. The fourth-order valence-corrected chi connectivity index (χ4v) is 15.4. The quantitative estimate of drug-likeness (QED) is 0.175. The van der Waals surface area contributed by atoms with Gasteiger partial charge in [-0.1, -0.05) is 147 Å². The first-order chi connectivity index (χ1) is 32.6. The van der Waals surface area contributed by atoms with Crippen molar-refractivity contribution in [2.75, 3.05) is 5.32 Å². The first kappa shape index (κ1) is 40.9. The van der Waals surface area contributed by atoms with E-state index in [-0.39, 0.29) is 21.7 Å². The van der Waals surface area contributed by atoms with Crippen molar-refractivity contribution in [2.24, 2.45) is 0 Å². The van der Waals surface area contributed by atoms with Crippen LogP contribution in [0.2, 0.25) is 0 Å². The summed E-state index contributed by atoms with van der Waals surface area (Å²) >= 11 is 3.89. The monoisotopic (exact) mass is 914 g/mol. The average molecular weight is 915 g/mol. The van der Waals surface area contributed by atoms with E-state index in [1.807, 2.05) is 22.7 Å². The number of fused-ring (bicyclic) bond motifs is 16. The van der Waals surface area contributed by atoms with Gasteiger partial charge in [-0.15, -0.1) is 22.7 Å². The highest BCUT2D eigenvalue weighted by Gasteiger charge is 2.41. The van der Waals surface area contributed by atoms with Gasteiger partial charge >= 0.3 is 0 Å². The van der Waals surface area contributed by atoms with E-state index in [0.29, 0.717) is 0 Å². The summed E-state index contributed by atoms with van der Waals surface area (Å²) in [5, 5.41) is 12.3. The van der Waals surface area contributed by atoms with Crippen LogP contribution < -0.4 is 16.2 Å². The molecule has 4 heterocycles. The lowest BCUT2D eigenvalue weighted by atomic mass is 9.58. The molecule has 3 aliphatic rings. The number of rotatable bonds is 3. The van der Waals surface area contributed by atoms with Gasteiger partial charge < -0.3 is 9.88 Å². The molecule has 1 aliphatic heterocycles. The normalized spacial score (nSPS) is 16.4. The van der Waals surface area contributed by atoms with Crippen molar-refractivity contribution >= 4 is 114 Å². The lowest BCUT2D eigenvalue weighted by Crippen LogP contribution is -2.38. The van der Waals surface area contributed by atoms with Crippen LogP contribution >= 0.6 is 22.7 Å². The zero-order valence-electron chi connectivity index (χ0n) is 40.6. The molecule has 11 aromatic rings. The Morgan fingerprint density at radius 3 is 1.99 bits per heavy atom. The van der Waals surface area contributed by atoms with E-state index in [2.05, 4.69) is 206 Å². The standard InChI is InChI=1S/C63H55BN2S2/c1-60(2,3)34-22-24-35(25-23-34)65-48-33-53-40(37-17-11-14-20-51(37)67-53)28-41(48)56-57-58-54(55-38-18-12-15-21-52(38)68-59(55)56)42-29-45-46(62(6,7)27-26-61(45,4)5)32-49(42)66(58)50-30-39-36-16-10-13-19-43(36)63(8,9)44(39)31-47(50)64-57/h10-25,28-33,64-65H,26-27H2,1-9H3. The molecule has 0 saturated carbocycles. The smallest absolute Gasteiger partial charge is 0.198 e. The van der Waals surface area contributed by atoms with Gasteiger partial charge in [0.1, 0.15) is 0 Å². The molecule has 0 spiro atoms. The molecule has 5 heteroatoms. The molecule has 0 amide bonds. The predicted octanol–water partition coefficient (Wildman–Crippen LogP) is 16.6. The minimum absolute atomic E-state index is 0.0664. The van der Waals surface area contributed by atoms with Crippen LogP contribution in [-0.2, 0) is 21.7 Å². The maximum absolute atomic E-state index is 4.08. The Balaban J connectivity index is 1.16. The topological polar surface area (TPSA) is 17.0 Å². The van der Waals surface area contributed by atoms with Crippen molar-refractivity contribution in [1.29, 1.82) is 0 Å². The zero-order valence-corrected chi connectivity index (χ0v) is 42.2. The summed E-state index contributed by atoms with van der Waals surface area (Å²) in [5.41, 5.74) is 21.8. The van der Waals surface area contributed by atoms with Gasteiger partial charge in [0.05, 0.1) is 5.52 Å². The van der Waals surface area contributed by atoms with Crippen LogP contribution in [0, 0.1) is 0 Å². The first-order valence-corrected chi connectivity index (χ1v) is 26.3. The molecule has 14 rings (SSSR count). The lowest BCUT2D eigenvalue weighted by Gasteiger charge is -2.42. The van der Waals surface area contributed by atoms with E-state index in [1.54, 1.807) is 0 Å².